The lowest BCUT2D eigenvalue weighted by molar-refractivity contribution is -0.136. The van der Waals surface area contributed by atoms with E-state index >= 15 is 4.39 Å². The van der Waals surface area contributed by atoms with Gasteiger partial charge in [0, 0.05) is 115 Å². The number of anilines is 1. The van der Waals surface area contributed by atoms with E-state index in [9.17, 15) is 24.0 Å². The summed E-state index contributed by atoms with van der Waals surface area (Å²) in [6, 6.07) is 7.82. The van der Waals surface area contributed by atoms with E-state index in [-0.39, 0.29) is 35.2 Å². The number of pyridine rings is 2. The van der Waals surface area contributed by atoms with Gasteiger partial charge in [-0.1, -0.05) is 0 Å². The number of piperidine rings is 1. The Morgan fingerprint density at radius 1 is 0.845 bits per heavy atom. The highest BCUT2D eigenvalue weighted by molar-refractivity contribution is 6.23. The Kier molecular flexibility index (Phi) is 9.73. The summed E-state index contributed by atoms with van der Waals surface area (Å²) >= 11 is 0. The molecular formula is C42H45FN8O7. The number of amides is 4. The number of hydrogen-bond acceptors (Lipinski definition) is 12. The summed E-state index contributed by atoms with van der Waals surface area (Å²) in [4.78, 5) is 77.5. The van der Waals surface area contributed by atoms with Crippen LogP contribution >= 0.6 is 0 Å². The van der Waals surface area contributed by atoms with Crippen LogP contribution in [-0.2, 0) is 23.2 Å². The number of carbonyl (C=O) groups is 4. The fourth-order valence-corrected chi connectivity index (χ4v) is 9.24. The van der Waals surface area contributed by atoms with Crippen LogP contribution in [0, 0.1) is 11.7 Å². The molecule has 4 amide bonds. The number of carbonyl (C=O) groups excluding carboxylic acids is 4. The van der Waals surface area contributed by atoms with Crippen LogP contribution in [0.5, 0.6) is 11.5 Å². The highest BCUT2D eigenvalue weighted by Gasteiger charge is 2.46. The van der Waals surface area contributed by atoms with Gasteiger partial charge < -0.3 is 18.9 Å². The molecule has 5 aliphatic rings. The number of piperazine rings is 1. The molecule has 0 bridgehead atoms. The van der Waals surface area contributed by atoms with Crippen LogP contribution < -0.4 is 25.2 Å². The van der Waals surface area contributed by atoms with Gasteiger partial charge in [0.2, 0.25) is 11.8 Å². The molecular weight excluding hydrogens is 748 g/mol. The molecule has 302 valence electrons. The molecule has 16 heteroatoms. The van der Waals surface area contributed by atoms with Crippen LogP contribution in [0.3, 0.4) is 0 Å². The molecule has 58 heavy (non-hydrogen) atoms. The maximum Gasteiger partial charge on any atom is 0.262 e. The van der Waals surface area contributed by atoms with Crippen molar-refractivity contribution in [2.75, 3.05) is 78.0 Å². The zero-order chi connectivity index (χ0) is 40.4. The molecule has 0 aliphatic carbocycles. The number of benzene rings is 2. The number of imide groups is 2. The normalized spacial score (nSPS) is 21.0. The topological polar surface area (TPSA) is 150 Å². The average molecular weight is 793 g/mol. The van der Waals surface area contributed by atoms with Crippen molar-refractivity contribution < 1.29 is 33.0 Å². The van der Waals surface area contributed by atoms with E-state index in [1.54, 1.807) is 38.2 Å². The Labute approximate surface area is 333 Å². The summed E-state index contributed by atoms with van der Waals surface area (Å²) in [5.41, 5.74) is 2.98. The summed E-state index contributed by atoms with van der Waals surface area (Å²) in [7, 11) is 5.08. The zero-order valence-electron chi connectivity index (χ0n) is 32.7. The lowest BCUT2D eigenvalue weighted by Gasteiger charge is -2.51. The smallest absolute Gasteiger partial charge is 0.262 e. The fraction of sp³-hybridized carbons (Fsp3) is 0.429. The highest BCUT2D eigenvalue weighted by Crippen LogP contribution is 2.39. The van der Waals surface area contributed by atoms with Gasteiger partial charge >= 0.3 is 0 Å². The van der Waals surface area contributed by atoms with E-state index in [2.05, 4.69) is 25.0 Å². The molecule has 7 heterocycles. The maximum atomic E-state index is 15.3. The largest absolute Gasteiger partial charge is 0.496 e. The number of likely N-dealkylation sites (tertiary alicyclic amines) is 1. The van der Waals surface area contributed by atoms with E-state index in [1.165, 1.54) is 6.07 Å². The van der Waals surface area contributed by atoms with Crippen molar-refractivity contribution >= 4 is 40.1 Å². The predicted molar refractivity (Wildman–Crippen MR) is 211 cm³/mol. The van der Waals surface area contributed by atoms with Gasteiger partial charge in [-0.3, -0.25) is 53.9 Å². The standard InChI is InChI=1S/C42H45FN8O7/c1-46-22-31(27-6-7-44-16-30(27)40(46)54)25-12-36(57-2)32(37(13-25)58-3)23-47-8-10-49(11-9-47)26-20-48(21-26)17-24-18-50(19-24)35-15-29-28(14-33(35)43)41(55)51(42(29)56)34-4-5-38(52)45-39(34)53/h6-7,12-16,22,24,26,34H,4-5,8-11,17-21,23H2,1-3H3,(H,45,52,53). The summed E-state index contributed by atoms with van der Waals surface area (Å²) in [6.07, 6.45) is 5.21. The second-order valence-electron chi connectivity index (χ2n) is 16.0. The monoisotopic (exact) mass is 792 g/mol. The number of aromatic nitrogens is 2. The van der Waals surface area contributed by atoms with Gasteiger partial charge in [-0.25, -0.2) is 4.39 Å². The number of methoxy groups -OCH3 is 2. The first-order chi connectivity index (χ1) is 28.0. The van der Waals surface area contributed by atoms with E-state index < -0.39 is 35.5 Å². The Balaban J connectivity index is 0.766. The number of nitrogens with zero attached hydrogens (tertiary/aromatic N) is 7. The number of nitrogens with one attached hydrogen (secondary N) is 1. The minimum absolute atomic E-state index is 0.0228. The molecule has 4 saturated heterocycles. The molecule has 9 rings (SSSR count). The minimum Gasteiger partial charge on any atom is -0.496 e. The summed E-state index contributed by atoms with van der Waals surface area (Å²) in [5.74, 6) is -1.25. The third-order valence-corrected chi connectivity index (χ3v) is 12.5. The van der Waals surface area contributed by atoms with E-state index in [4.69, 9.17) is 9.47 Å². The molecule has 2 aromatic heterocycles. The van der Waals surface area contributed by atoms with Gasteiger partial charge in [-0.2, -0.15) is 0 Å². The van der Waals surface area contributed by atoms with Crippen molar-refractivity contribution in [3.8, 4) is 22.6 Å². The van der Waals surface area contributed by atoms with Gasteiger partial charge in [-0.15, -0.1) is 0 Å². The Bertz CT molecular complexity index is 2390. The molecule has 1 atom stereocenters. The van der Waals surface area contributed by atoms with Crippen LogP contribution in [-0.4, -0.2) is 138 Å². The van der Waals surface area contributed by atoms with Crippen LogP contribution in [0.4, 0.5) is 10.1 Å². The Morgan fingerprint density at radius 2 is 1.53 bits per heavy atom. The van der Waals surface area contributed by atoms with Crippen molar-refractivity contribution in [2.24, 2.45) is 13.0 Å². The molecule has 2 aromatic carbocycles. The average Bonchev–Trinajstić information content (AvgIpc) is 3.42. The first-order valence-corrected chi connectivity index (χ1v) is 19.7. The molecule has 0 saturated carbocycles. The quantitative estimate of drug-likeness (QED) is 0.235. The first kappa shape index (κ1) is 37.8. The van der Waals surface area contributed by atoms with E-state index in [0.29, 0.717) is 37.0 Å². The van der Waals surface area contributed by atoms with Gasteiger partial charge in [0.15, 0.2) is 0 Å². The van der Waals surface area contributed by atoms with Crippen molar-refractivity contribution in [3.63, 3.8) is 0 Å². The molecule has 5 aliphatic heterocycles. The number of aryl methyl sites for hydroxylation is 1. The highest BCUT2D eigenvalue weighted by atomic mass is 19.1. The summed E-state index contributed by atoms with van der Waals surface area (Å²) in [6.45, 7) is 8.56. The molecule has 4 fully saturated rings. The van der Waals surface area contributed by atoms with Gasteiger partial charge in [-0.05, 0) is 47.7 Å². The van der Waals surface area contributed by atoms with Crippen LogP contribution in [0.15, 0.2) is 53.7 Å². The molecule has 15 nitrogen and oxygen atoms in total. The third kappa shape index (κ3) is 6.58. The van der Waals surface area contributed by atoms with Crippen molar-refractivity contribution in [2.45, 2.75) is 31.5 Å². The van der Waals surface area contributed by atoms with E-state index in [1.807, 2.05) is 29.3 Å². The van der Waals surface area contributed by atoms with E-state index in [0.717, 1.165) is 90.4 Å². The first-order valence-electron chi connectivity index (χ1n) is 19.7. The van der Waals surface area contributed by atoms with Gasteiger partial charge in [0.1, 0.15) is 23.4 Å². The molecule has 1 unspecified atom stereocenters. The second kappa shape index (κ2) is 14.9. The number of hydrogen-bond donors (Lipinski definition) is 1. The lowest BCUT2D eigenvalue weighted by atomic mass is 9.94. The summed E-state index contributed by atoms with van der Waals surface area (Å²) < 4.78 is 28.7. The second-order valence-corrected chi connectivity index (χ2v) is 16.0. The van der Waals surface area contributed by atoms with Gasteiger partial charge in [0.25, 0.3) is 17.4 Å². The van der Waals surface area contributed by atoms with Gasteiger partial charge in [0.05, 0.1) is 42.0 Å². The zero-order valence-corrected chi connectivity index (χ0v) is 32.7. The minimum atomic E-state index is -1.09. The molecule has 0 spiro atoms. The van der Waals surface area contributed by atoms with Crippen molar-refractivity contribution in [1.82, 2.24) is 34.5 Å². The number of halogens is 1. The number of rotatable bonds is 10. The molecule has 1 N–H and O–H groups in total. The fourth-order valence-electron chi connectivity index (χ4n) is 9.24. The third-order valence-electron chi connectivity index (χ3n) is 12.5. The van der Waals surface area contributed by atoms with Crippen LogP contribution in [0.2, 0.25) is 0 Å². The Hall–Kier alpha value is -5.71. The number of ether oxygens (including phenoxy) is 2. The maximum absolute atomic E-state index is 15.3. The SMILES string of the molecule is COc1cc(-c2cn(C)c(=O)c3cnccc23)cc(OC)c1CN1CCN(C2CN(CC3CN(c4cc5c(cc4F)C(=O)N(C4CCC(=O)NC4=O)C5=O)C3)C2)CC1. The molecule has 4 aromatic rings. The van der Waals surface area contributed by atoms with Crippen molar-refractivity contribution in [3.05, 3.63) is 81.8 Å². The number of fused-ring (bicyclic) bond motifs is 2. The van der Waals surface area contributed by atoms with Crippen molar-refractivity contribution in [1.29, 1.82) is 0 Å². The predicted octanol–water partition coefficient (Wildman–Crippen LogP) is 2.10. The van der Waals surface area contributed by atoms with Crippen LogP contribution in [0.1, 0.15) is 39.1 Å². The molecule has 0 radical (unpaired) electrons. The Morgan fingerprint density at radius 3 is 2.21 bits per heavy atom. The summed E-state index contributed by atoms with van der Waals surface area (Å²) in [5, 5.41) is 3.56. The van der Waals surface area contributed by atoms with Crippen LogP contribution in [0.25, 0.3) is 21.9 Å². The lowest BCUT2D eigenvalue weighted by Crippen LogP contribution is -2.65.